The van der Waals surface area contributed by atoms with Gasteiger partial charge < -0.3 is 9.32 Å². The molecule has 124 valence electrons. The Morgan fingerprint density at radius 1 is 1.12 bits per heavy atom. The molecule has 2 aromatic carbocycles. The molecule has 0 saturated carbocycles. The maximum atomic E-state index is 12.6. The van der Waals surface area contributed by atoms with Crippen LogP contribution in [0.15, 0.2) is 77.5 Å². The Labute approximate surface area is 145 Å². The minimum atomic E-state index is -0.149. The topological polar surface area (TPSA) is 51.3 Å². The van der Waals surface area contributed by atoms with Gasteiger partial charge in [0.2, 0.25) is 0 Å². The first-order valence-electron chi connectivity index (χ1n) is 8.04. The molecule has 0 atom stereocenters. The molecule has 5 nitrogen and oxygen atoms in total. The van der Waals surface area contributed by atoms with Crippen LogP contribution in [0, 0.1) is 0 Å². The van der Waals surface area contributed by atoms with Gasteiger partial charge in [-0.3, -0.25) is 4.79 Å². The summed E-state index contributed by atoms with van der Waals surface area (Å²) >= 11 is 0. The van der Waals surface area contributed by atoms with Gasteiger partial charge in [0.25, 0.3) is 5.91 Å². The highest BCUT2D eigenvalue weighted by Crippen LogP contribution is 2.20. The number of carbonyl (C=O) groups excluding carboxylic acids is 1. The maximum absolute atomic E-state index is 12.6. The lowest BCUT2D eigenvalue weighted by atomic mass is 10.2. The van der Waals surface area contributed by atoms with Crippen molar-refractivity contribution in [3.63, 3.8) is 0 Å². The first-order chi connectivity index (χ1) is 12.2. The molecule has 0 fully saturated rings. The summed E-state index contributed by atoms with van der Waals surface area (Å²) in [4.78, 5) is 14.2. The molecule has 0 unspecified atom stereocenters. The maximum Gasteiger partial charge on any atom is 0.289 e. The van der Waals surface area contributed by atoms with Crippen LogP contribution in [0.1, 0.15) is 16.1 Å². The first kappa shape index (κ1) is 15.2. The van der Waals surface area contributed by atoms with Crippen LogP contribution in [0.3, 0.4) is 0 Å². The van der Waals surface area contributed by atoms with Crippen molar-refractivity contribution >= 4 is 16.9 Å². The van der Waals surface area contributed by atoms with E-state index in [1.165, 1.54) is 0 Å². The summed E-state index contributed by atoms with van der Waals surface area (Å²) in [6.07, 6.45) is 3.70. The van der Waals surface area contributed by atoms with Crippen molar-refractivity contribution in [3.05, 3.63) is 84.4 Å². The second-order valence-electron chi connectivity index (χ2n) is 5.94. The van der Waals surface area contributed by atoms with E-state index in [0.717, 1.165) is 22.2 Å². The Balaban J connectivity index is 1.50. The second kappa shape index (κ2) is 6.28. The number of aromatic nitrogens is 2. The predicted octanol–water partition coefficient (Wildman–Crippen LogP) is 3.89. The summed E-state index contributed by atoms with van der Waals surface area (Å²) in [5, 5.41) is 5.29. The number of rotatable bonds is 4. The fourth-order valence-corrected chi connectivity index (χ4v) is 2.78. The molecule has 0 aliphatic heterocycles. The van der Waals surface area contributed by atoms with Crippen LogP contribution in [0.2, 0.25) is 0 Å². The van der Waals surface area contributed by atoms with E-state index in [2.05, 4.69) is 5.10 Å². The first-order valence-corrected chi connectivity index (χ1v) is 8.04. The number of furan rings is 1. The Bertz CT molecular complexity index is 985. The third-order valence-corrected chi connectivity index (χ3v) is 4.06. The number of carbonyl (C=O) groups is 1. The summed E-state index contributed by atoms with van der Waals surface area (Å²) in [6, 6.07) is 19.3. The number of para-hydroxylation sites is 2. The van der Waals surface area contributed by atoms with Crippen molar-refractivity contribution in [3.8, 4) is 5.69 Å². The minimum absolute atomic E-state index is 0.149. The zero-order valence-corrected chi connectivity index (χ0v) is 13.8. The quantitative estimate of drug-likeness (QED) is 0.570. The van der Waals surface area contributed by atoms with Gasteiger partial charge in [0.1, 0.15) is 5.58 Å². The zero-order valence-electron chi connectivity index (χ0n) is 13.8. The number of hydrogen-bond acceptors (Lipinski definition) is 3. The van der Waals surface area contributed by atoms with Crippen molar-refractivity contribution in [1.82, 2.24) is 14.7 Å². The molecule has 0 bridgehead atoms. The Kier molecular flexibility index (Phi) is 3.82. The van der Waals surface area contributed by atoms with Crippen molar-refractivity contribution in [1.29, 1.82) is 0 Å². The van der Waals surface area contributed by atoms with Gasteiger partial charge in [-0.05, 0) is 24.3 Å². The fraction of sp³-hybridized carbons (Fsp3) is 0.100. The third kappa shape index (κ3) is 3.04. The fourth-order valence-electron chi connectivity index (χ4n) is 2.78. The number of fused-ring (bicyclic) bond motifs is 1. The smallest absolute Gasteiger partial charge is 0.289 e. The van der Waals surface area contributed by atoms with Crippen LogP contribution in [0.4, 0.5) is 0 Å². The highest BCUT2D eigenvalue weighted by atomic mass is 16.3. The van der Waals surface area contributed by atoms with Crippen molar-refractivity contribution in [2.75, 3.05) is 7.05 Å². The van der Waals surface area contributed by atoms with E-state index in [9.17, 15) is 4.79 Å². The summed E-state index contributed by atoms with van der Waals surface area (Å²) < 4.78 is 7.45. The molecule has 0 aliphatic carbocycles. The molecule has 25 heavy (non-hydrogen) atoms. The lowest BCUT2D eigenvalue weighted by Crippen LogP contribution is -2.25. The SMILES string of the molecule is CN(Cc1cnn(-c2ccccc2)c1)C(=O)c1cc2ccccc2o1. The normalized spacial score (nSPS) is 10.9. The average molecular weight is 331 g/mol. The van der Waals surface area contributed by atoms with Crippen LogP contribution >= 0.6 is 0 Å². The average Bonchev–Trinajstić information content (AvgIpc) is 3.28. The molecule has 0 saturated heterocycles. The van der Waals surface area contributed by atoms with Crippen molar-refractivity contribution < 1.29 is 9.21 Å². The monoisotopic (exact) mass is 331 g/mol. The molecule has 4 rings (SSSR count). The molecule has 0 N–H and O–H groups in total. The molecular weight excluding hydrogens is 314 g/mol. The van der Waals surface area contributed by atoms with Crippen LogP contribution in [0.25, 0.3) is 16.7 Å². The molecule has 2 aromatic heterocycles. The summed E-state index contributed by atoms with van der Waals surface area (Å²) in [6.45, 7) is 0.461. The second-order valence-corrected chi connectivity index (χ2v) is 5.94. The van der Waals surface area contributed by atoms with Gasteiger partial charge in [-0.25, -0.2) is 4.68 Å². The van der Waals surface area contributed by atoms with Gasteiger partial charge in [0, 0.05) is 30.7 Å². The number of benzene rings is 2. The van der Waals surface area contributed by atoms with E-state index in [-0.39, 0.29) is 5.91 Å². The molecular formula is C20H17N3O2. The van der Waals surface area contributed by atoms with Gasteiger partial charge in [-0.15, -0.1) is 0 Å². The number of nitrogens with zero attached hydrogens (tertiary/aromatic N) is 3. The molecule has 2 heterocycles. The van der Waals surface area contributed by atoms with Crippen LogP contribution in [-0.4, -0.2) is 27.6 Å². The van der Waals surface area contributed by atoms with Crippen LogP contribution in [-0.2, 0) is 6.54 Å². The van der Waals surface area contributed by atoms with E-state index < -0.39 is 0 Å². The molecule has 1 amide bonds. The number of amides is 1. The molecule has 0 spiro atoms. The minimum Gasteiger partial charge on any atom is -0.451 e. The van der Waals surface area contributed by atoms with E-state index in [1.54, 1.807) is 28.9 Å². The van der Waals surface area contributed by atoms with E-state index in [0.29, 0.717) is 12.3 Å². The molecule has 0 radical (unpaired) electrons. The Morgan fingerprint density at radius 3 is 2.68 bits per heavy atom. The van der Waals surface area contributed by atoms with Crippen LogP contribution in [0.5, 0.6) is 0 Å². The predicted molar refractivity (Wildman–Crippen MR) is 95.6 cm³/mol. The molecule has 4 aromatic rings. The van der Waals surface area contributed by atoms with Gasteiger partial charge >= 0.3 is 0 Å². The van der Waals surface area contributed by atoms with Crippen molar-refractivity contribution in [2.24, 2.45) is 0 Å². The zero-order chi connectivity index (χ0) is 17.2. The lowest BCUT2D eigenvalue weighted by molar-refractivity contribution is 0.0756. The lowest BCUT2D eigenvalue weighted by Gasteiger charge is -2.14. The highest BCUT2D eigenvalue weighted by Gasteiger charge is 2.17. The highest BCUT2D eigenvalue weighted by molar-refractivity contribution is 5.95. The third-order valence-electron chi connectivity index (χ3n) is 4.06. The Morgan fingerprint density at radius 2 is 1.88 bits per heavy atom. The van der Waals surface area contributed by atoms with E-state index in [1.807, 2.05) is 60.8 Å². The van der Waals surface area contributed by atoms with Gasteiger partial charge in [-0.2, -0.15) is 5.10 Å². The molecule has 5 heteroatoms. The largest absolute Gasteiger partial charge is 0.451 e. The summed E-state index contributed by atoms with van der Waals surface area (Å²) in [5.41, 5.74) is 2.66. The van der Waals surface area contributed by atoms with Gasteiger partial charge in [0.15, 0.2) is 5.76 Å². The van der Waals surface area contributed by atoms with E-state index >= 15 is 0 Å². The Hall–Kier alpha value is -3.34. The van der Waals surface area contributed by atoms with Crippen molar-refractivity contribution in [2.45, 2.75) is 6.54 Å². The molecule has 0 aliphatic rings. The van der Waals surface area contributed by atoms with Gasteiger partial charge in [-0.1, -0.05) is 36.4 Å². The summed E-state index contributed by atoms with van der Waals surface area (Å²) in [7, 11) is 1.76. The number of hydrogen-bond donors (Lipinski definition) is 0. The summed E-state index contributed by atoms with van der Waals surface area (Å²) in [5.74, 6) is 0.197. The van der Waals surface area contributed by atoms with Crippen LogP contribution < -0.4 is 0 Å². The standard InChI is InChI=1S/C20H17N3O2/c1-22(20(24)19-11-16-7-5-6-10-18(16)25-19)13-15-12-21-23(14-15)17-8-3-2-4-9-17/h2-12,14H,13H2,1H3. The van der Waals surface area contributed by atoms with E-state index in [4.69, 9.17) is 4.42 Å². The van der Waals surface area contributed by atoms with Gasteiger partial charge in [0.05, 0.1) is 11.9 Å².